The summed E-state index contributed by atoms with van der Waals surface area (Å²) in [7, 11) is -3.48. The molecule has 4 atom stereocenters. The fourth-order valence-electron chi connectivity index (χ4n) is 8.70. The van der Waals surface area contributed by atoms with Crippen molar-refractivity contribution in [2.24, 2.45) is 11.8 Å². The second-order valence-corrected chi connectivity index (χ2v) is 14.5. The molecule has 39 heavy (non-hydrogen) atoms. The van der Waals surface area contributed by atoms with Crippen LogP contribution < -0.4 is 5.32 Å². The number of hydrogen-bond donors (Lipinski definition) is 1. The fourth-order valence-corrected chi connectivity index (χ4v) is 10.2. The molecule has 3 aromatic carbocycles. The lowest BCUT2D eigenvalue weighted by atomic mass is 9.42. The largest absolute Gasteiger partial charge is 0.322 e. The van der Waals surface area contributed by atoms with Crippen molar-refractivity contribution in [2.75, 3.05) is 18.4 Å². The molecule has 5 fully saturated rings. The maximum Gasteiger partial charge on any atom is 0.255 e. The van der Waals surface area contributed by atoms with Crippen molar-refractivity contribution in [2.45, 2.75) is 67.1 Å². The van der Waals surface area contributed by atoms with Crippen LogP contribution in [0.25, 0.3) is 0 Å². The number of anilines is 1. The minimum absolute atomic E-state index is 0.221. The molecular weight excluding hydrogens is 504 g/mol. The summed E-state index contributed by atoms with van der Waals surface area (Å²) in [5, 5.41) is 3.01. The summed E-state index contributed by atoms with van der Waals surface area (Å²) in [4.78, 5) is 13.2. The Hall–Kier alpha value is -2.96. The van der Waals surface area contributed by atoms with Gasteiger partial charge in [0.1, 0.15) is 0 Å². The van der Waals surface area contributed by atoms with Gasteiger partial charge in [-0.05, 0) is 122 Å². The lowest BCUT2D eigenvalue weighted by molar-refractivity contribution is -0.0281. The van der Waals surface area contributed by atoms with E-state index in [1.165, 1.54) is 54.0 Å². The molecule has 5 aliphatic rings. The average molecular weight is 541 g/mol. The molecule has 1 heterocycles. The zero-order valence-corrected chi connectivity index (χ0v) is 23.1. The molecule has 1 N–H and O–H groups in total. The summed E-state index contributed by atoms with van der Waals surface area (Å²) in [5.41, 5.74) is 4.66. The van der Waals surface area contributed by atoms with E-state index < -0.39 is 10.0 Å². The number of rotatable bonds is 6. The van der Waals surface area contributed by atoms with Crippen LogP contribution >= 0.6 is 0 Å². The number of amides is 1. The molecule has 202 valence electrons. The molecule has 0 aromatic heterocycles. The fraction of sp³-hybridized carbons (Fsp3) is 0.424. The van der Waals surface area contributed by atoms with Gasteiger partial charge in [-0.25, -0.2) is 8.42 Å². The highest BCUT2D eigenvalue weighted by molar-refractivity contribution is 7.89. The summed E-state index contributed by atoms with van der Waals surface area (Å²) in [6.07, 6.45) is 9.58. The molecule has 1 amide bonds. The Bertz CT molecular complexity index is 1460. The average Bonchev–Trinajstić information content (AvgIpc) is 3.50. The third-order valence-electron chi connectivity index (χ3n) is 10.0. The van der Waals surface area contributed by atoms with Gasteiger partial charge in [0.15, 0.2) is 0 Å². The normalized spacial score (nSPS) is 29.9. The quantitative estimate of drug-likeness (QED) is 0.387. The van der Waals surface area contributed by atoms with Crippen molar-refractivity contribution in [1.29, 1.82) is 0 Å². The van der Waals surface area contributed by atoms with Gasteiger partial charge in [-0.2, -0.15) is 4.31 Å². The Labute approximate surface area is 231 Å². The first-order valence-corrected chi connectivity index (χ1v) is 15.9. The van der Waals surface area contributed by atoms with Crippen molar-refractivity contribution < 1.29 is 13.2 Å². The van der Waals surface area contributed by atoms with Gasteiger partial charge < -0.3 is 5.32 Å². The molecule has 3 aromatic rings. The SMILES string of the molecule is O=C(Nc1ccc(C23C[C@@H]4C[C@@H](CC(c5ccccc5)(C4)C2)C3)cc1)c1ccc(S(=O)(=O)N2CCCC2)cc1. The highest BCUT2D eigenvalue weighted by atomic mass is 32.2. The monoisotopic (exact) mass is 540 g/mol. The third kappa shape index (κ3) is 4.33. The van der Waals surface area contributed by atoms with Crippen LogP contribution in [0.5, 0.6) is 0 Å². The number of nitrogens with one attached hydrogen (secondary N) is 1. The van der Waals surface area contributed by atoms with Crippen LogP contribution in [0.4, 0.5) is 5.69 Å². The highest BCUT2D eigenvalue weighted by Crippen LogP contribution is 2.66. The molecule has 6 heteroatoms. The topological polar surface area (TPSA) is 66.5 Å². The van der Waals surface area contributed by atoms with Gasteiger partial charge in [-0.15, -0.1) is 0 Å². The van der Waals surface area contributed by atoms with Crippen LogP contribution in [0.2, 0.25) is 0 Å². The van der Waals surface area contributed by atoms with E-state index in [0.717, 1.165) is 30.4 Å². The zero-order chi connectivity index (χ0) is 26.7. The van der Waals surface area contributed by atoms with Gasteiger partial charge in [0.25, 0.3) is 5.91 Å². The van der Waals surface area contributed by atoms with Gasteiger partial charge in [-0.3, -0.25) is 4.79 Å². The number of nitrogens with zero attached hydrogens (tertiary/aromatic N) is 1. The van der Waals surface area contributed by atoms with Crippen LogP contribution in [0.15, 0.2) is 83.8 Å². The number of carbonyl (C=O) groups is 1. The molecule has 4 bridgehead atoms. The van der Waals surface area contributed by atoms with E-state index in [4.69, 9.17) is 0 Å². The smallest absolute Gasteiger partial charge is 0.255 e. The van der Waals surface area contributed by atoms with Gasteiger partial charge >= 0.3 is 0 Å². The number of sulfonamides is 1. The Morgan fingerprint density at radius 1 is 0.744 bits per heavy atom. The molecule has 0 spiro atoms. The third-order valence-corrected chi connectivity index (χ3v) is 11.9. The summed E-state index contributed by atoms with van der Waals surface area (Å²) < 4.78 is 27.1. The summed E-state index contributed by atoms with van der Waals surface area (Å²) >= 11 is 0. The minimum Gasteiger partial charge on any atom is -0.322 e. The van der Waals surface area contributed by atoms with Crippen LogP contribution in [0, 0.1) is 11.8 Å². The maximum absolute atomic E-state index is 13.0. The lowest BCUT2D eigenvalue weighted by Gasteiger charge is -2.62. The Morgan fingerprint density at radius 2 is 1.31 bits per heavy atom. The molecule has 2 unspecified atom stereocenters. The molecule has 0 radical (unpaired) electrons. The van der Waals surface area contributed by atoms with Gasteiger partial charge in [0.05, 0.1) is 4.90 Å². The zero-order valence-electron chi connectivity index (χ0n) is 22.3. The van der Waals surface area contributed by atoms with E-state index >= 15 is 0 Å². The van der Waals surface area contributed by atoms with Crippen molar-refractivity contribution >= 4 is 21.6 Å². The molecular formula is C33H36N2O3S. The van der Waals surface area contributed by atoms with Crippen molar-refractivity contribution in [1.82, 2.24) is 4.31 Å². The van der Waals surface area contributed by atoms with E-state index in [1.807, 2.05) is 12.1 Å². The van der Waals surface area contributed by atoms with E-state index in [2.05, 4.69) is 47.8 Å². The predicted octanol–water partition coefficient (Wildman–Crippen LogP) is 6.51. The predicted molar refractivity (Wildman–Crippen MR) is 153 cm³/mol. The van der Waals surface area contributed by atoms with Gasteiger partial charge in [0.2, 0.25) is 10.0 Å². The molecule has 1 saturated heterocycles. The molecule has 5 nitrogen and oxygen atoms in total. The van der Waals surface area contributed by atoms with Crippen molar-refractivity contribution in [3.8, 4) is 0 Å². The first kappa shape index (κ1) is 25.0. The van der Waals surface area contributed by atoms with E-state index in [1.54, 1.807) is 24.3 Å². The Kier molecular flexibility index (Phi) is 5.98. The molecule has 1 aliphatic heterocycles. The number of benzene rings is 3. The second kappa shape index (κ2) is 9.31. The minimum atomic E-state index is -3.48. The van der Waals surface area contributed by atoms with E-state index in [0.29, 0.717) is 24.1 Å². The molecule has 4 aliphatic carbocycles. The summed E-state index contributed by atoms with van der Waals surface area (Å²) in [5.74, 6) is 1.36. The first-order valence-electron chi connectivity index (χ1n) is 14.4. The van der Waals surface area contributed by atoms with Crippen LogP contribution in [0.3, 0.4) is 0 Å². The Balaban J connectivity index is 1.07. The summed E-state index contributed by atoms with van der Waals surface area (Å²) in [6.45, 7) is 1.13. The first-order chi connectivity index (χ1) is 18.9. The number of carbonyl (C=O) groups excluding carboxylic acids is 1. The van der Waals surface area contributed by atoms with Gasteiger partial charge in [-0.1, -0.05) is 42.5 Å². The van der Waals surface area contributed by atoms with E-state index in [9.17, 15) is 13.2 Å². The number of hydrogen-bond acceptors (Lipinski definition) is 3. The molecule has 4 saturated carbocycles. The van der Waals surface area contributed by atoms with Gasteiger partial charge in [0, 0.05) is 24.3 Å². The maximum atomic E-state index is 13.0. The lowest BCUT2D eigenvalue weighted by Crippen LogP contribution is -2.55. The highest BCUT2D eigenvalue weighted by Gasteiger charge is 2.58. The second-order valence-electron chi connectivity index (χ2n) is 12.6. The van der Waals surface area contributed by atoms with E-state index in [-0.39, 0.29) is 16.2 Å². The van der Waals surface area contributed by atoms with Crippen molar-refractivity contribution in [3.05, 3.63) is 95.6 Å². The van der Waals surface area contributed by atoms with Crippen LogP contribution in [-0.2, 0) is 20.9 Å². The molecule has 8 rings (SSSR count). The van der Waals surface area contributed by atoms with Crippen molar-refractivity contribution in [3.63, 3.8) is 0 Å². The Morgan fingerprint density at radius 3 is 1.90 bits per heavy atom. The summed E-state index contributed by atoms with van der Waals surface area (Å²) in [6, 6.07) is 26.0. The van der Waals surface area contributed by atoms with Crippen LogP contribution in [-0.4, -0.2) is 31.7 Å². The van der Waals surface area contributed by atoms with Crippen LogP contribution in [0.1, 0.15) is 72.9 Å². The standard InChI is InChI=1S/C33H36N2O3S/c36-31(26-8-14-30(15-9-26)39(37,38)35-16-4-5-17-35)34-29-12-10-28(11-13-29)33-21-24-18-25(22-33)20-32(19-24,23-33)27-6-2-1-3-7-27/h1-3,6-15,24-25H,4-5,16-23H2,(H,34,36)/t24-,25+,32?,33?.